The lowest BCUT2D eigenvalue weighted by molar-refractivity contribution is 0.0500. The number of carbonyl (C=O) groups is 1. The van der Waals surface area contributed by atoms with E-state index >= 15 is 0 Å². The third-order valence-corrected chi connectivity index (χ3v) is 3.95. The number of piperidine rings is 1. The lowest BCUT2D eigenvalue weighted by atomic mass is 10.1. The van der Waals surface area contributed by atoms with Crippen molar-refractivity contribution in [1.29, 1.82) is 0 Å². The van der Waals surface area contributed by atoms with Gasteiger partial charge in [0.1, 0.15) is 17.7 Å². The van der Waals surface area contributed by atoms with Crippen LogP contribution in [0.15, 0.2) is 12.5 Å². The summed E-state index contributed by atoms with van der Waals surface area (Å²) in [6.45, 7) is 7.17. The molecule has 3 heterocycles. The molecule has 24 heavy (non-hydrogen) atoms. The predicted molar refractivity (Wildman–Crippen MR) is 90.9 cm³/mol. The van der Waals surface area contributed by atoms with E-state index in [9.17, 15) is 4.79 Å². The average Bonchev–Trinajstić information content (AvgIpc) is 2.87. The van der Waals surface area contributed by atoms with Crippen LogP contribution in [0.25, 0.3) is 11.0 Å². The molecule has 0 aliphatic carbocycles. The van der Waals surface area contributed by atoms with Crippen molar-refractivity contribution in [1.82, 2.24) is 25.1 Å². The van der Waals surface area contributed by atoms with Gasteiger partial charge in [0.05, 0.1) is 11.6 Å². The molecule has 3 rings (SSSR count). The molecule has 0 radical (unpaired) electrons. The topological polar surface area (TPSA) is 85.2 Å². The molecule has 2 aromatic rings. The molecular weight excluding hydrogens is 308 g/mol. The Bertz CT molecular complexity index is 736. The number of nitrogens with zero attached hydrogens (tertiary/aromatic N) is 5. The fraction of sp³-hybridized carbons (Fsp3) is 0.625. The number of rotatable bonds is 2. The molecule has 1 unspecified atom stereocenters. The SMILES string of the molecule is Cn1ncc2c(N3CCCC(NC(=O)OC(C)(C)C)C3)ncnc21. The van der Waals surface area contributed by atoms with E-state index in [-0.39, 0.29) is 12.1 Å². The number of ether oxygens (including phenoxy) is 1. The maximum Gasteiger partial charge on any atom is 0.407 e. The molecule has 0 spiro atoms. The maximum absolute atomic E-state index is 12.0. The van der Waals surface area contributed by atoms with Gasteiger partial charge in [-0.25, -0.2) is 14.8 Å². The van der Waals surface area contributed by atoms with E-state index < -0.39 is 5.60 Å². The number of amides is 1. The van der Waals surface area contributed by atoms with Crippen LogP contribution in [0.5, 0.6) is 0 Å². The van der Waals surface area contributed by atoms with Gasteiger partial charge in [0.15, 0.2) is 5.65 Å². The van der Waals surface area contributed by atoms with E-state index in [0.29, 0.717) is 6.54 Å². The van der Waals surface area contributed by atoms with Gasteiger partial charge in [-0.2, -0.15) is 5.10 Å². The van der Waals surface area contributed by atoms with Crippen LogP contribution in [0.4, 0.5) is 10.6 Å². The van der Waals surface area contributed by atoms with Gasteiger partial charge < -0.3 is 15.0 Å². The highest BCUT2D eigenvalue weighted by atomic mass is 16.6. The summed E-state index contributed by atoms with van der Waals surface area (Å²) >= 11 is 0. The van der Waals surface area contributed by atoms with Crippen LogP contribution in [0, 0.1) is 0 Å². The van der Waals surface area contributed by atoms with Crippen LogP contribution in [0.3, 0.4) is 0 Å². The van der Waals surface area contributed by atoms with E-state index in [1.54, 1.807) is 17.2 Å². The minimum atomic E-state index is -0.493. The first-order valence-corrected chi connectivity index (χ1v) is 8.20. The van der Waals surface area contributed by atoms with Crippen molar-refractivity contribution in [3.05, 3.63) is 12.5 Å². The lowest BCUT2D eigenvalue weighted by Crippen LogP contribution is -2.49. The second-order valence-electron chi connectivity index (χ2n) is 7.13. The number of aryl methyl sites for hydroxylation is 1. The Morgan fingerprint density at radius 1 is 1.38 bits per heavy atom. The number of aromatic nitrogens is 4. The van der Waals surface area contributed by atoms with Gasteiger partial charge in [-0.05, 0) is 33.6 Å². The van der Waals surface area contributed by atoms with Crippen LogP contribution < -0.4 is 10.2 Å². The molecule has 1 aliphatic rings. The quantitative estimate of drug-likeness (QED) is 0.903. The van der Waals surface area contributed by atoms with Gasteiger partial charge in [-0.1, -0.05) is 0 Å². The van der Waals surface area contributed by atoms with Gasteiger partial charge >= 0.3 is 6.09 Å². The molecule has 1 atom stereocenters. The van der Waals surface area contributed by atoms with Crippen molar-refractivity contribution in [2.24, 2.45) is 7.05 Å². The van der Waals surface area contributed by atoms with Gasteiger partial charge in [0, 0.05) is 26.2 Å². The van der Waals surface area contributed by atoms with Crippen LogP contribution in [-0.4, -0.2) is 50.6 Å². The van der Waals surface area contributed by atoms with Crippen molar-refractivity contribution in [3.63, 3.8) is 0 Å². The first kappa shape index (κ1) is 16.5. The third-order valence-electron chi connectivity index (χ3n) is 3.95. The number of hydrogen-bond donors (Lipinski definition) is 1. The summed E-state index contributed by atoms with van der Waals surface area (Å²) in [5.74, 6) is 0.865. The standard InChI is InChI=1S/C16H24N6O2/c1-16(2,3)24-15(23)20-11-6-5-7-22(9-11)14-12-8-19-21(4)13(12)17-10-18-14/h8,10-11H,5-7,9H2,1-4H3,(H,20,23). The van der Waals surface area contributed by atoms with Crippen molar-refractivity contribution in [3.8, 4) is 0 Å². The summed E-state index contributed by atoms with van der Waals surface area (Å²) in [6.07, 6.45) is 4.88. The van der Waals surface area contributed by atoms with Gasteiger partial charge in [-0.15, -0.1) is 0 Å². The van der Waals surface area contributed by atoms with Gasteiger partial charge in [-0.3, -0.25) is 4.68 Å². The average molecular weight is 332 g/mol. The molecule has 0 bridgehead atoms. The molecule has 1 saturated heterocycles. The normalized spacial score (nSPS) is 18.7. The van der Waals surface area contributed by atoms with Gasteiger partial charge in [0.25, 0.3) is 0 Å². The molecule has 1 N–H and O–H groups in total. The minimum absolute atomic E-state index is 0.0373. The van der Waals surface area contributed by atoms with Gasteiger partial charge in [0.2, 0.25) is 0 Å². The summed E-state index contributed by atoms with van der Waals surface area (Å²) < 4.78 is 7.08. The fourth-order valence-electron chi connectivity index (χ4n) is 2.96. The van der Waals surface area contributed by atoms with Crippen LogP contribution in [0.1, 0.15) is 33.6 Å². The highest BCUT2D eigenvalue weighted by Crippen LogP contribution is 2.25. The Morgan fingerprint density at radius 3 is 2.92 bits per heavy atom. The molecule has 1 fully saturated rings. The first-order chi connectivity index (χ1) is 11.3. The number of nitrogens with one attached hydrogen (secondary N) is 1. The van der Waals surface area contributed by atoms with E-state index in [1.807, 2.05) is 27.8 Å². The second-order valence-corrected chi connectivity index (χ2v) is 7.13. The Balaban J connectivity index is 1.72. The first-order valence-electron chi connectivity index (χ1n) is 8.20. The lowest BCUT2D eigenvalue weighted by Gasteiger charge is -2.34. The van der Waals surface area contributed by atoms with Crippen molar-refractivity contribution in [2.45, 2.75) is 45.3 Å². The van der Waals surface area contributed by atoms with Crippen molar-refractivity contribution < 1.29 is 9.53 Å². The van der Waals surface area contributed by atoms with Crippen LogP contribution in [0.2, 0.25) is 0 Å². The summed E-state index contributed by atoms with van der Waals surface area (Å²) in [5, 5.41) is 8.15. The molecule has 0 aromatic carbocycles. The number of fused-ring (bicyclic) bond motifs is 1. The van der Waals surface area contributed by atoms with Crippen molar-refractivity contribution in [2.75, 3.05) is 18.0 Å². The van der Waals surface area contributed by atoms with E-state index in [1.165, 1.54) is 0 Å². The second kappa shape index (κ2) is 6.26. The Labute approximate surface area is 141 Å². The van der Waals surface area contributed by atoms with E-state index in [2.05, 4.69) is 25.3 Å². The summed E-state index contributed by atoms with van der Waals surface area (Å²) in [7, 11) is 1.86. The highest BCUT2D eigenvalue weighted by Gasteiger charge is 2.26. The zero-order chi connectivity index (χ0) is 17.3. The molecule has 1 amide bonds. The monoisotopic (exact) mass is 332 g/mol. The molecule has 8 heteroatoms. The molecule has 130 valence electrons. The maximum atomic E-state index is 12.0. The summed E-state index contributed by atoms with van der Waals surface area (Å²) in [4.78, 5) is 22.9. The number of anilines is 1. The highest BCUT2D eigenvalue weighted by molar-refractivity contribution is 5.86. The number of alkyl carbamates (subject to hydrolysis) is 1. The Hall–Kier alpha value is -2.38. The van der Waals surface area contributed by atoms with Crippen molar-refractivity contribution >= 4 is 22.9 Å². The molecule has 0 saturated carbocycles. The largest absolute Gasteiger partial charge is 0.444 e. The van der Waals surface area contributed by atoms with E-state index in [0.717, 1.165) is 36.2 Å². The predicted octanol–water partition coefficient (Wildman–Crippen LogP) is 1.86. The molecular formula is C16H24N6O2. The Kier molecular flexibility index (Phi) is 4.29. The third kappa shape index (κ3) is 3.58. The molecule has 8 nitrogen and oxygen atoms in total. The summed E-state index contributed by atoms with van der Waals surface area (Å²) in [6, 6.07) is 0.0373. The molecule has 2 aromatic heterocycles. The number of carbonyl (C=O) groups excluding carboxylic acids is 1. The summed E-state index contributed by atoms with van der Waals surface area (Å²) in [5.41, 5.74) is 0.315. The fourth-order valence-corrected chi connectivity index (χ4v) is 2.96. The smallest absolute Gasteiger partial charge is 0.407 e. The zero-order valence-corrected chi connectivity index (χ0v) is 14.6. The minimum Gasteiger partial charge on any atom is -0.444 e. The number of hydrogen-bond acceptors (Lipinski definition) is 6. The van der Waals surface area contributed by atoms with E-state index in [4.69, 9.17) is 4.74 Å². The van der Waals surface area contributed by atoms with Crippen LogP contribution in [-0.2, 0) is 11.8 Å². The Morgan fingerprint density at radius 2 is 2.17 bits per heavy atom. The zero-order valence-electron chi connectivity index (χ0n) is 14.6. The van der Waals surface area contributed by atoms with Crippen LogP contribution >= 0.6 is 0 Å². The molecule has 1 aliphatic heterocycles.